The third-order valence-electron chi connectivity index (χ3n) is 2.99. The van der Waals surface area contributed by atoms with E-state index in [1.165, 1.54) is 6.92 Å². The van der Waals surface area contributed by atoms with Crippen LogP contribution in [0.5, 0.6) is 5.75 Å². The van der Waals surface area contributed by atoms with E-state index in [2.05, 4.69) is 6.07 Å². The molecule has 0 N–H and O–H groups in total. The molecule has 0 aliphatic rings. The Morgan fingerprint density at radius 2 is 1.90 bits per heavy atom. The first-order valence-electron chi connectivity index (χ1n) is 6.33. The number of nitriles is 1. The van der Waals surface area contributed by atoms with E-state index in [1.54, 1.807) is 12.1 Å². The third kappa shape index (κ3) is 3.24. The molecule has 2 aromatic rings. The Hall–Kier alpha value is -2.60. The monoisotopic (exact) mass is 265 g/mol. The van der Waals surface area contributed by atoms with Crippen LogP contribution in [0.2, 0.25) is 0 Å². The molecule has 0 aromatic heterocycles. The zero-order chi connectivity index (χ0) is 14.5. The minimum absolute atomic E-state index is 0.0106. The second-order valence-electron chi connectivity index (χ2n) is 4.65. The molecule has 3 nitrogen and oxygen atoms in total. The van der Waals surface area contributed by atoms with Crippen molar-refractivity contribution in [3.63, 3.8) is 0 Å². The Morgan fingerprint density at radius 1 is 1.20 bits per heavy atom. The SMILES string of the molecule is CC(=O)c1cc(C)ccc1OCc1ccc(C#N)cc1. The topological polar surface area (TPSA) is 50.1 Å². The molecule has 2 rings (SSSR count). The van der Waals surface area contributed by atoms with Crippen molar-refractivity contribution in [2.75, 3.05) is 0 Å². The molecule has 0 radical (unpaired) electrons. The van der Waals surface area contributed by atoms with Gasteiger partial charge in [0.05, 0.1) is 17.2 Å². The quantitative estimate of drug-likeness (QED) is 0.793. The predicted molar refractivity (Wildman–Crippen MR) is 76.7 cm³/mol. The molecule has 0 saturated heterocycles. The molecule has 0 unspecified atom stereocenters. The molecule has 2 aromatic carbocycles. The summed E-state index contributed by atoms with van der Waals surface area (Å²) in [6.45, 7) is 3.84. The van der Waals surface area contributed by atoms with E-state index in [0.29, 0.717) is 23.5 Å². The highest BCUT2D eigenvalue weighted by Gasteiger charge is 2.08. The second-order valence-corrected chi connectivity index (χ2v) is 4.65. The number of rotatable bonds is 4. The van der Waals surface area contributed by atoms with Crippen LogP contribution < -0.4 is 4.74 Å². The van der Waals surface area contributed by atoms with Gasteiger partial charge in [-0.2, -0.15) is 5.26 Å². The van der Waals surface area contributed by atoms with Crippen LogP contribution in [0.3, 0.4) is 0 Å². The van der Waals surface area contributed by atoms with E-state index >= 15 is 0 Å². The van der Waals surface area contributed by atoms with Crippen molar-refractivity contribution in [1.82, 2.24) is 0 Å². The first-order valence-corrected chi connectivity index (χ1v) is 6.33. The zero-order valence-corrected chi connectivity index (χ0v) is 11.5. The van der Waals surface area contributed by atoms with Gasteiger partial charge in [0.25, 0.3) is 0 Å². The molecule has 0 amide bonds. The van der Waals surface area contributed by atoms with Crippen LogP contribution in [0.1, 0.15) is 34.0 Å². The molecule has 3 heteroatoms. The van der Waals surface area contributed by atoms with Crippen LogP contribution in [0.15, 0.2) is 42.5 Å². The number of carbonyl (C=O) groups excluding carboxylic acids is 1. The number of carbonyl (C=O) groups is 1. The maximum atomic E-state index is 11.6. The Kier molecular flexibility index (Phi) is 4.17. The lowest BCUT2D eigenvalue weighted by Gasteiger charge is -2.10. The maximum Gasteiger partial charge on any atom is 0.163 e. The highest BCUT2D eigenvalue weighted by Crippen LogP contribution is 2.21. The number of benzene rings is 2. The summed E-state index contributed by atoms with van der Waals surface area (Å²) in [5.41, 5.74) is 3.20. The third-order valence-corrected chi connectivity index (χ3v) is 2.99. The van der Waals surface area contributed by atoms with Crippen LogP contribution in [-0.4, -0.2) is 5.78 Å². The summed E-state index contributed by atoms with van der Waals surface area (Å²) in [4.78, 5) is 11.6. The average Bonchev–Trinajstić information content (AvgIpc) is 2.46. The molecule has 0 aliphatic carbocycles. The van der Waals surface area contributed by atoms with Crippen molar-refractivity contribution in [3.05, 3.63) is 64.7 Å². The number of hydrogen-bond donors (Lipinski definition) is 0. The van der Waals surface area contributed by atoms with Gasteiger partial charge < -0.3 is 4.74 Å². The number of ether oxygens (including phenoxy) is 1. The van der Waals surface area contributed by atoms with Gasteiger partial charge in [-0.25, -0.2) is 0 Å². The van der Waals surface area contributed by atoms with Crippen molar-refractivity contribution in [2.24, 2.45) is 0 Å². The largest absolute Gasteiger partial charge is 0.488 e. The van der Waals surface area contributed by atoms with E-state index in [-0.39, 0.29) is 5.78 Å². The predicted octanol–water partition coefficient (Wildman–Crippen LogP) is 3.65. The molecule has 0 heterocycles. The van der Waals surface area contributed by atoms with Gasteiger partial charge in [0.15, 0.2) is 5.78 Å². The Bertz CT molecular complexity index is 666. The number of ketones is 1. The van der Waals surface area contributed by atoms with Crippen molar-refractivity contribution in [2.45, 2.75) is 20.5 Å². The van der Waals surface area contributed by atoms with Crippen LogP contribution in [0, 0.1) is 18.3 Å². The standard InChI is InChI=1S/C17H15NO2/c1-12-3-8-17(16(9-12)13(2)19)20-11-15-6-4-14(10-18)5-7-15/h3-9H,11H2,1-2H3. The zero-order valence-electron chi connectivity index (χ0n) is 11.5. The van der Waals surface area contributed by atoms with Gasteiger partial charge >= 0.3 is 0 Å². The highest BCUT2D eigenvalue weighted by atomic mass is 16.5. The molecule has 0 spiro atoms. The summed E-state index contributed by atoms with van der Waals surface area (Å²) < 4.78 is 5.71. The van der Waals surface area contributed by atoms with Gasteiger partial charge in [0.2, 0.25) is 0 Å². The minimum Gasteiger partial charge on any atom is -0.488 e. The van der Waals surface area contributed by atoms with Gasteiger partial charge in [-0.15, -0.1) is 0 Å². The van der Waals surface area contributed by atoms with Gasteiger partial charge in [-0.1, -0.05) is 23.8 Å². The van der Waals surface area contributed by atoms with Crippen molar-refractivity contribution in [1.29, 1.82) is 5.26 Å². The first kappa shape index (κ1) is 13.8. The summed E-state index contributed by atoms with van der Waals surface area (Å²) >= 11 is 0. The fraction of sp³-hybridized carbons (Fsp3) is 0.176. The van der Waals surface area contributed by atoms with E-state index < -0.39 is 0 Å². The first-order chi connectivity index (χ1) is 9.60. The molecule has 0 atom stereocenters. The van der Waals surface area contributed by atoms with Crippen LogP contribution in [-0.2, 0) is 6.61 Å². The smallest absolute Gasteiger partial charge is 0.163 e. The minimum atomic E-state index is -0.0106. The van der Waals surface area contributed by atoms with E-state index in [9.17, 15) is 4.79 Å². The van der Waals surface area contributed by atoms with Gasteiger partial charge in [-0.3, -0.25) is 4.79 Å². The summed E-state index contributed by atoms with van der Waals surface area (Å²) in [6.07, 6.45) is 0. The van der Waals surface area contributed by atoms with Crippen molar-refractivity contribution in [3.8, 4) is 11.8 Å². The van der Waals surface area contributed by atoms with E-state index in [1.807, 2.05) is 37.3 Å². The lowest BCUT2D eigenvalue weighted by molar-refractivity contribution is 0.101. The van der Waals surface area contributed by atoms with Crippen molar-refractivity contribution >= 4 is 5.78 Å². The Balaban J connectivity index is 2.14. The average molecular weight is 265 g/mol. The number of aryl methyl sites for hydroxylation is 1. The Labute approximate surface area is 118 Å². The molecule has 0 saturated carbocycles. The number of Topliss-reactive ketones (excluding diaryl/α,β-unsaturated/α-hetero) is 1. The molecule has 0 fully saturated rings. The highest BCUT2D eigenvalue weighted by molar-refractivity contribution is 5.97. The maximum absolute atomic E-state index is 11.6. The lowest BCUT2D eigenvalue weighted by atomic mass is 10.1. The summed E-state index contributed by atoms with van der Waals surface area (Å²) in [5.74, 6) is 0.580. The Morgan fingerprint density at radius 3 is 2.50 bits per heavy atom. The molecular formula is C17H15NO2. The summed E-state index contributed by atoms with van der Waals surface area (Å²) in [6, 6.07) is 14.8. The van der Waals surface area contributed by atoms with Crippen LogP contribution in [0.4, 0.5) is 0 Å². The van der Waals surface area contributed by atoms with E-state index in [0.717, 1.165) is 11.1 Å². The molecule has 100 valence electrons. The fourth-order valence-corrected chi connectivity index (χ4v) is 1.88. The molecule has 20 heavy (non-hydrogen) atoms. The van der Waals surface area contributed by atoms with E-state index in [4.69, 9.17) is 10.00 Å². The van der Waals surface area contributed by atoms with Crippen LogP contribution in [0.25, 0.3) is 0 Å². The van der Waals surface area contributed by atoms with Gasteiger partial charge in [-0.05, 0) is 43.7 Å². The summed E-state index contributed by atoms with van der Waals surface area (Å²) in [5, 5.41) is 8.74. The van der Waals surface area contributed by atoms with Gasteiger partial charge in [0, 0.05) is 0 Å². The summed E-state index contributed by atoms with van der Waals surface area (Å²) in [7, 11) is 0. The van der Waals surface area contributed by atoms with Crippen molar-refractivity contribution < 1.29 is 9.53 Å². The molecule has 0 aliphatic heterocycles. The van der Waals surface area contributed by atoms with Crippen LogP contribution >= 0.6 is 0 Å². The van der Waals surface area contributed by atoms with Gasteiger partial charge in [0.1, 0.15) is 12.4 Å². The molecular weight excluding hydrogens is 250 g/mol. The number of hydrogen-bond acceptors (Lipinski definition) is 3. The normalized spacial score (nSPS) is 9.85. The lowest BCUT2D eigenvalue weighted by Crippen LogP contribution is -2.02. The number of nitrogens with zero attached hydrogens (tertiary/aromatic N) is 1. The molecule has 0 bridgehead atoms. The fourth-order valence-electron chi connectivity index (χ4n) is 1.88. The second kappa shape index (κ2) is 6.03.